The standard InChI is InChI=1S/C12H18N2O4/c1-8(2)13-11(7-15)12(16)9-3-5-10(6-4-9)14(17)18/h3-6,8,11-13,15-16H,7H2,1-2H3. The summed E-state index contributed by atoms with van der Waals surface area (Å²) in [6.07, 6.45) is -0.904. The molecule has 6 heteroatoms. The van der Waals surface area contributed by atoms with Gasteiger partial charge in [-0.25, -0.2) is 0 Å². The highest BCUT2D eigenvalue weighted by Crippen LogP contribution is 2.20. The van der Waals surface area contributed by atoms with Gasteiger partial charge in [0.1, 0.15) is 0 Å². The number of benzene rings is 1. The smallest absolute Gasteiger partial charge is 0.269 e. The van der Waals surface area contributed by atoms with Crippen molar-refractivity contribution in [2.45, 2.75) is 32.0 Å². The Labute approximate surface area is 105 Å². The van der Waals surface area contributed by atoms with Gasteiger partial charge in [0.25, 0.3) is 5.69 Å². The topological polar surface area (TPSA) is 95.6 Å². The third-order valence-corrected chi connectivity index (χ3v) is 2.57. The molecule has 0 amide bonds. The molecule has 3 N–H and O–H groups in total. The minimum absolute atomic E-state index is 0.0247. The normalized spacial score (nSPS) is 14.5. The Morgan fingerprint density at radius 3 is 2.28 bits per heavy atom. The SMILES string of the molecule is CC(C)NC(CO)C(O)c1ccc([N+](=O)[O-])cc1. The van der Waals surface area contributed by atoms with Crippen LogP contribution in [0.15, 0.2) is 24.3 Å². The number of non-ortho nitro benzene ring substituents is 1. The van der Waals surface area contributed by atoms with Crippen molar-refractivity contribution in [3.8, 4) is 0 Å². The van der Waals surface area contributed by atoms with Gasteiger partial charge >= 0.3 is 0 Å². The van der Waals surface area contributed by atoms with E-state index in [0.29, 0.717) is 5.56 Å². The van der Waals surface area contributed by atoms with Gasteiger partial charge in [-0.15, -0.1) is 0 Å². The van der Waals surface area contributed by atoms with Crippen LogP contribution in [0.4, 0.5) is 5.69 Å². The van der Waals surface area contributed by atoms with Crippen LogP contribution in [0.2, 0.25) is 0 Å². The molecule has 1 aromatic carbocycles. The van der Waals surface area contributed by atoms with E-state index in [-0.39, 0.29) is 18.3 Å². The van der Waals surface area contributed by atoms with Crippen molar-refractivity contribution in [3.63, 3.8) is 0 Å². The highest BCUT2D eigenvalue weighted by Gasteiger charge is 2.21. The van der Waals surface area contributed by atoms with Gasteiger partial charge in [-0.1, -0.05) is 13.8 Å². The van der Waals surface area contributed by atoms with Crippen molar-refractivity contribution < 1.29 is 15.1 Å². The van der Waals surface area contributed by atoms with Crippen LogP contribution in [0.25, 0.3) is 0 Å². The first-order valence-electron chi connectivity index (χ1n) is 5.75. The van der Waals surface area contributed by atoms with Crippen molar-refractivity contribution in [3.05, 3.63) is 39.9 Å². The van der Waals surface area contributed by atoms with E-state index in [4.69, 9.17) is 0 Å². The summed E-state index contributed by atoms with van der Waals surface area (Å²) in [5.41, 5.74) is 0.510. The second-order valence-corrected chi connectivity index (χ2v) is 4.40. The number of hydrogen-bond donors (Lipinski definition) is 3. The molecule has 100 valence electrons. The largest absolute Gasteiger partial charge is 0.395 e. The lowest BCUT2D eigenvalue weighted by Crippen LogP contribution is -2.41. The molecular formula is C12H18N2O4. The zero-order valence-electron chi connectivity index (χ0n) is 10.4. The molecule has 0 aromatic heterocycles. The highest BCUT2D eigenvalue weighted by molar-refractivity contribution is 5.34. The van der Waals surface area contributed by atoms with E-state index in [9.17, 15) is 20.3 Å². The summed E-state index contributed by atoms with van der Waals surface area (Å²) in [6.45, 7) is 3.60. The third-order valence-electron chi connectivity index (χ3n) is 2.57. The van der Waals surface area contributed by atoms with Crippen molar-refractivity contribution in [2.75, 3.05) is 6.61 Å². The fourth-order valence-corrected chi connectivity index (χ4v) is 1.70. The van der Waals surface area contributed by atoms with E-state index in [1.807, 2.05) is 13.8 Å². The number of nitro benzene ring substituents is 1. The van der Waals surface area contributed by atoms with Crippen molar-refractivity contribution in [1.29, 1.82) is 0 Å². The van der Waals surface area contributed by atoms with Gasteiger partial charge in [0.15, 0.2) is 0 Å². The van der Waals surface area contributed by atoms with Crippen molar-refractivity contribution >= 4 is 5.69 Å². The molecule has 0 fully saturated rings. The van der Waals surface area contributed by atoms with Gasteiger partial charge < -0.3 is 15.5 Å². The molecule has 6 nitrogen and oxygen atoms in total. The third kappa shape index (κ3) is 3.76. The Hall–Kier alpha value is -1.50. The number of aliphatic hydroxyl groups is 2. The summed E-state index contributed by atoms with van der Waals surface area (Å²) in [7, 11) is 0. The molecule has 0 aliphatic rings. The minimum atomic E-state index is -0.904. The Balaban J connectivity index is 2.81. The van der Waals surface area contributed by atoms with E-state index in [0.717, 1.165) is 0 Å². The van der Waals surface area contributed by atoms with Gasteiger partial charge in [0.2, 0.25) is 0 Å². The maximum atomic E-state index is 10.5. The maximum Gasteiger partial charge on any atom is 0.269 e. The number of nitro groups is 1. The number of nitrogens with zero attached hydrogens (tertiary/aromatic N) is 1. The predicted molar refractivity (Wildman–Crippen MR) is 67.2 cm³/mol. The monoisotopic (exact) mass is 254 g/mol. The Morgan fingerprint density at radius 1 is 1.33 bits per heavy atom. The number of hydrogen-bond acceptors (Lipinski definition) is 5. The van der Waals surface area contributed by atoms with Gasteiger partial charge in [-0.2, -0.15) is 0 Å². The van der Waals surface area contributed by atoms with Gasteiger partial charge in [0, 0.05) is 18.2 Å². The van der Waals surface area contributed by atoms with E-state index < -0.39 is 17.1 Å². The van der Waals surface area contributed by atoms with Gasteiger partial charge in [-0.05, 0) is 17.7 Å². The Morgan fingerprint density at radius 2 is 1.89 bits per heavy atom. The number of aliphatic hydroxyl groups excluding tert-OH is 2. The number of rotatable bonds is 6. The van der Waals surface area contributed by atoms with Crippen molar-refractivity contribution in [2.24, 2.45) is 0 Å². The van der Waals surface area contributed by atoms with Crippen LogP contribution in [-0.4, -0.2) is 33.8 Å². The molecule has 0 heterocycles. The quantitative estimate of drug-likeness (QED) is 0.519. The van der Waals surface area contributed by atoms with Crippen LogP contribution in [0.1, 0.15) is 25.5 Å². The van der Waals surface area contributed by atoms with E-state index in [2.05, 4.69) is 5.32 Å². The van der Waals surface area contributed by atoms with Crippen LogP contribution >= 0.6 is 0 Å². The average molecular weight is 254 g/mol. The van der Waals surface area contributed by atoms with Crippen LogP contribution in [0, 0.1) is 10.1 Å². The summed E-state index contributed by atoms with van der Waals surface area (Å²) < 4.78 is 0. The van der Waals surface area contributed by atoms with Crippen molar-refractivity contribution in [1.82, 2.24) is 5.32 Å². The molecular weight excluding hydrogens is 236 g/mol. The van der Waals surface area contributed by atoms with E-state index >= 15 is 0 Å². The molecule has 2 atom stereocenters. The second kappa shape index (κ2) is 6.44. The van der Waals surface area contributed by atoms with Gasteiger partial charge in [0.05, 0.1) is 23.7 Å². The van der Waals surface area contributed by atoms with E-state index in [1.165, 1.54) is 24.3 Å². The maximum absolute atomic E-state index is 10.5. The molecule has 0 saturated heterocycles. The lowest BCUT2D eigenvalue weighted by molar-refractivity contribution is -0.384. The minimum Gasteiger partial charge on any atom is -0.395 e. The summed E-state index contributed by atoms with van der Waals surface area (Å²) in [6, 6.07) is 5.28. The van der Waals surface area contributed by atoms with Crippen LogP contribution < -0.4 is 5.32 Å². The Kier molecular flexibility index (Phi) is 5.21. The average Bonchev–Trinajstić information content (AvgIpc) is 2.35. The summed E-state index contributed by atoms with van der Waals surface area (Å²) in [4.78, 5) is 10.0. The zero-order chi connectivity index (χ0) is 13.7. The first-order chi connectivity index (χ1) is 8.45. The predicted octanol–water partition coefficient (Wildman–Crippen LogP) is 0.987. The molecule has 0 radical (unpaired) electrons. The van der Waals surface area contributed by atoms with E-state index in [1.54, 1.807) is 0 Å². The molecule has 0 spiro atoms. The molecule has 0 aliphatic carbocycles. The molecule has 18 heavy (non-hydrogen) atoms. The number of nitrogens with one attached hydrogen (secondary N) is 1. The molecule has 1 rings (SSSR count). The fourth-order valence-electron chi connectivity index (χ4n) is 1.70. The first-order valence-corrected chi connectivity index (χ1v) is 5.75. The molecule has 2 unspecified atom stereocenters. The summed E-state index contributed by atoms with van der Waals surface area (Å²) in [5, 5.41) is 32.8. The van der Waals surface area contributed by atoms with Gasteiger partial charge in [-0.3, -0.25) is 10.1 Å². The molecule has 0 aliphatic heterocycles. The fraction of sp³-hybridized carbons (Fsp3) is 0.500. The molecule has 0 bridgehead atoms. The second-order valence-electron chi connectivity index (χ2n) is 4.40. The Bertz CT molecular complexity index is 392. The lowest BCUT2D eigenvalue weighted by atomic mass is 10.0. The first kappa shape index (κ1) is 14.6. The summed E-state index contributed by atoms with van der Waals surface area (Å²) >= 11 is 0. The van der Waals surface area contributed by atoms with Crippen LogP contribution in [0.3, 0.4) is 0 Å². The lowest BCUT2D eigenvalue weighted by Gasteiger charge is -2.24. The summed E-state index contributed by atoms with van der Waals surface area (Å²) in [5.74, 6) is 0. The highest BCUT2D eigenvalue weighted by atomic mass is 16.6. The zero-order valence-corrected chi connectivity index (χ0v) is 10.4. The molecule has 0 saturated carbocycles. The van der Waals surface area contributed by atoms with Crippen LogP contribution in [-0.2, 0) is 0 Å². The van der Waals surface area contributed by atoms with Crippen LogP contribution in [0.5, 0.6) is 0 Å². The molecule has 1 aromatic rings.